The quantitative estimate of drug-likeness (QED) is 0.782. The van der Waals surface area contributed by atoms with Crippen LogP contribution in [0.25, 0.3) is 0 Å². The summed E-state index contributed by atoms with van der Waals surface area (Å²) in [7, 11) is 0. The summed E-state index contributed by atoms with van der Waals surface area (Å²) < 4.78 is 0. The van der Waals surface area contributed by atoms with Crippen LogP contribution in [0.15, 0.2) is 36.5 Å². The Balaban J connectivity index is 1.69. The van der Waals surface area contributed by atoms with Crippen molar-refractivity contribution in [2.75, 3.05) is 44.2 Å². The highest BCUT2D eigenvalue weighted by atomic mass is 16.2. The molecule has 1 fully saturated rings. The van der Waals surface area contributed by atoms with Gasteiger partial charge in [0.15, 0.2) is 0 Å². The third kappa shape index (κ3) is 4.42. The Labute approximate surface area is 173 Å². The van der Waals surface area contributed by atoms with Gasteiger partial charge in [0.2, 0.25) is 0 Å². The van der Waals surface area contributed by atoms with Crippen molar-refractivity contribution in [2.45, 2.75) is 27.7 Å². The molecule has 29 heavy (non-hydrogen) atoms. The van der Waals surface area contributed by atoms with Crippen LogP contribution in [0, 0.1) is 13.8 Å². The van der Waals surface area contributed by atoms with Gasteiger partial charge >= 0.3 is 0 Å². The zero-order valence-corrected chi connectivity index (χ0v) is 17.8. The summed E-state index contributed by atoms with van der Waals surface area (Å²) in [6, 6.07) is 9.67. The molecule has 6 nitrogen and oxygen atoms in total. The van der Waals surface area contributed by atoms with E-state index in [1.807, 2.05) is 18.7 Å². The zero-order chi connectivity index (χ0) is 21.0. The van der Waals surface area contributed by atoms with Crippen LogP contribution in [0.5, 0.6) is 0 Å². The Hall–Kier alpha value is -2.89. The van der Waals surface area contributed by atoms with E-state index in [2.05, 4.69) is 41.9 Å². The second-order valence-electron chi connectivity index (χ2n) is 7.41. The number of carbonyl (C=O) groups is 2. The summed E-state index contributed by atoms with van der Waals surface area (Å²) in [4.78, 5) is 35.6. The van der Waals surface area contributed by atoms with Crippen LogP contribution in [0.3, 0.4) is 0 Å². The van der Waals surface area contributed by atoms with Crippen molar-refractivity contribution >= 4 is 17.5 Å². The molecule has 0 radical (unpaired) electrons. The normalized spacial score (nSPS) is 14.1. The molecule has 2 aromatic rings. The molecule has 0 unspecified atom stereocenters. The van der Waals surface area contributed by atoms with Crippen LogP contribution in [-0.2, 0) is 0 Å². The lowest BCUT2D eigenvalue weighted by Gasteiger charge is -2.37. The minimum atomic E-state index is -0.135. The highest BCUT2D eigenvalue weighted by molar-refractivity contribution is 5.98. The molecule has 1 aliphatic heterocycles. The van der Waals surface area contributed by atoms with Crippen molar-refractivity contribution < 1.29 is 9.59 Å². The number of rotatable bonds is 5. The number of carbonyl (C=O) groups excluding carboxylic acids is 2. The van der Waals surface area contributed by atoms with Crippen molar-refractivity contribution in [3.8, 4) is 0 Å². The first-order chi connectivity index (χ1) is 14.0. The average molecular weight is 395 g/mol. The number of amides is 2. The number of nitrogens with zero attached hydrogens (tertiary/aromatic N) is 4. The minimum absolute atomic E-state index is 0.0402. The Bertz CT molecular complexity index is 884. The van der Waals surface area contributed by atoms with Crippen LogP contribution in [-0.4, -0.2) is 65.9 Å². The first-order valence-corrected chi connectivity index (χ1v) is 10.3. The second-order valence-corrected chi connectivity index (χ2v) is 7.41. The van der Waals surface area contributed by atoms with Crippen molar-refractivity contribution in [3.05, 3.63) is 58.9 Å². The molecular weight excluding hydrogens is 364 g/mol. The van der Waals surface area contributed by atoms with E-state index >= 15 is 0 Å². The predicted octanol–water partition coefficient (Wildman–Crippen LogP) is 3.14. The van der Waals surface area contributed by atoms with Gasteiger partial charge in [-0.25, -0.2) is 0 Å². The molecule has 154 valence electrons. The maximum Gasteiger partial charge on any atom is 0.272 e. The molecule has 0 N–H and O–H groups in total. The van der Waals surface area contributed by atoms with Gasteiger partial charge in [-0.1, -0.05) is 12.1 Å². The standard InChI is InChI=1S/C23H30N4O2/c1-5-25(6-2)23(29)20-16-19(10-11-24-20)22(28)27-14-12-26(13-15-27)21-9-7-8-17(3)18(21)4/h7-11,16H,5-6,12-15H2,1-4H3. The van der Waals surface area contributed by atoms with Crippen molar-refractivity contribution in [1.82, 2.24) is 14.8 Å². The van der Waals surface area contributed by atoms with Crippen molar-refractivity contribution in [1.29, 1.82) is 0 Å². The fourth-order valence-electron chi connectivity index (χ4n) is 3.76. The van der Waals surface area contributed by atoms with Gasteiger partial charge in [-0.05, 0) is 57.0 Å². The third-order valence-corrected chi connectivity index (χ3v) is 5.76. The lowest BCUT2D eigenvalue weighted by molar-refractivity contribution is 0.0746. The molecule has 0 atom stereocenters. The van der Waals surface area contributed by atoms with Gasteiger partial charge in [0.05, 0.1) is 0 Å². The summed E-state index contributed by atoms with van der Waals surface area (Å²) in [5.41, 5.74) is 4.67. The molecule has 3 rings (SSSR count). The van der Waals surface area contributed by atoms with Crippen LogP contribution < -0.4 is 4.90 Å². The number of aromatic nitrogens is 1. The van der Waals surface area contributed by atoms with E-state index in [0.717, 1.165) is 13.1 Å². The Morgan fingerprint density at radius 2 is 1.72 bits per heavy atom. The fraction of sp³-hybridized carbons (Fsp3) is 0.435. The number of piperazine rings is 1. The minimum Gasteiger partial charge on any atom is -0.368 e. The van der Waals surface area contributed by atoms with Crippen LogP contribution in [0.4, 0.5) is 5.69 Å². The predicted molar refractivity (Wildman–Crippen MR) is 116 cm³/mol. The van der Waals surface area contributed by atoms with E-state index < -0.39 is 0 Å². The molecule has 1 saturated heterocycles. The first-order valence-electron chi connectivity index (χ1n) is 10.3. The maximum atomic E-state index is 13.0. The van der Waals surface area contributed by atoms with Crippen LogP contribution >= 0.6 is 0 Å². The molecule has 0 aliphatic carbocycles. The molecular formula is C23H30N4O2. The molecule has 0 spiro atoms. The van der Waals surface area contributed by atoms with Crippen molar-refractivity contribution in [3.63, 3.8) is 0 Å². The molecule has 6 heteroatoms. The molecule has 0 bridgehead atoms. The smallest absolute Gasteiger partial charge is 0.272 e. The first kappa shape index (κ1) is 20.8. The van der Waals surface area contributed by atoms with E-state index in [4.69, 9.17) is 0 Å². The van der Waals surface area contributed by atoms with Crippen LogP contribution in [0.1, 0.15) is 45.8 Å². The second kappa shape index (κ2) is 9.07. The Kier molecular flexibility index (Phi) is 6.52. The van der Waals surface area contributed by atoms with Crippen molar-refractivity contribution in [2.24, 2.45) is 0 Å². The summed E-state index contributed by atoms with van der Waals surface area (Å²) >= 11 is 0. The highest BCUT2D eigenvalue weighted by Crippen LogP contribution is 2.24. The topological polar surface area (TPSA) is 56.8 Å². The monoisotopic (exact) mass is 394 g/mol. The van der Waals surface area contributed by atoms with E-state index in [1.54, 1.807) is 23.2 Å². The summed E-state index contributed by atoms with van der Waals surface area (Å²) in [5, 5.41) is 0. The average Bonchev–Trinajstić information content (AvgIpc) is 2.76. The highest BCUT2D eigenvalue weighted by Gasteiger charge is 2.24. The SMILES string of the molecule is CCN(CC)C(=O)c1cc(C(=O)N2CCN(c3cccc(C)c3C)CC2)ccn1. The maximum absolute atomic E-state index is 13.0. The molecule has 0 saturated carbocycles. The molecule has 2 amide bonds. The number of aryl methyl sites for hydroxylation is 1. The number of anilines is 1. The fourth-order valence-corrected chi connectivity index (χ4v) is 3.76. The zero-order valence-electron chi connectivity index (χ0n) is 17.8. The third-order valence-electron chi connectivity index (χ3n) is 5.76. The van der Waals surface area contributed by atoms with Gasteiger partial charge in [0.25, 0.3) is 11.8 Å². The largest absolute Gasteiger partial charge is 0.368 e. The Morgan fingerprint density at radius 3 is 2.38 bits per heavy atom. The lowest BCUT2D eigenvalue weighted by Crippen LogP contribution is -2.49. The van der Waals surface area contributed by atoms with E-state index in [1.165, 1.54) is 16.8 Å². The van der Waals surface area contributed by atoms with Gasteiger partial charge < -0.3 is 14.7 Å². The number of hydrogen-bond acceptors (Lipinski definition) is 4. The van der Waals surface area contributed by atoms with Gasteiger partial charge in [-0.2, -0.15) is 0 Å². The summed E-state index contributed by atoms with van der Waals surface area (Å²) in [6.07, 6.45) is 1.55. The lowest BCUT2D eigenvalue weighted by atomic mass is 10.1. The Morgan fingerprint density at radius 1 is 1.03 bits per heavy atom. The molecule has 2 heterocycles. The molecule has 1 aromatic carbocycles. The number of pyridine rings is 1. The van der Waals surface area contributed by atoms with Gasteiger partial charge in [-0.15, -0.1) is 0 Å². The van der Waals surface area contributed by atoms with E-state index in [-0.39, 0.29) is 11.8 Å². The summed E-state index contributed by atoms with van der Waals surface area (Å²) in [6.45, 7) is 12.3. The molecule has 1 aliphatic rings. The van der Waals surface area contributed by atoms with Gasteiger partial charge in [-0.3, -0.25) is 14.6 Å². The number of benzene rings is 1. The number of hydrogen-bond donors (Lipinski definition) is 0. The van der Waals surface area contributed by atoms with Gasteiger partial charge in [0, 0.05) is 56.7 Å². The summed E-state index contributed by atoms with van der Waals surface area (Å²) in [5.74, 6) is -0.175. The van der Waals surface area contributed by atoms with E-state index in [0.29, 0.717) is 37.4 Å². The van der Waals surface area contributed by atoms with Crippen LogP contribution in [0.2, 0.25) is 0 Å². The van der Waals surface area contributed by atoms with Gasteiger partial charge in [0.1, 0.15) is 5.69 Å². The van der Waals surface area contributed by atoms with E-state index in [9.17, 15) is 9.59 Å². The molecule has 1 aromatic heterocycles.